The number of nitrogens with one attached hydrogen (secondary N) is 1. The van der Waals surface area contributed by atoms with Gasteiger partial charge in [-0.3, -0.25) is 0 Å². The van der Waals surface area contributed by atoms with Crippen LogP contribution in [0.4, 0.5) is 4.39 Å². The molecule has 1 aromatic heterocycles. The van der Waals surface area contributed by atoms with E-state index in [-0.39, 0.29) is 16.5 Å². The van der Waals surface area contributed by atoms with Gasteiger partial charge in [-0.2, -0.15) is 0 Å². The first-order valence-corrected chi connectivity index (χ1v) is 11.8. The molecule has 0 amide bonds. The Hall–Kier alpha value is -1.29. The van der Waals surface area contributed by atoms with Crippen LogP contribution in [0.2, 0.25) is 0 Å². The highest BCUT2D eigenvalue weighted by molar-refractivity contribution is 7.93. The van der Waals surface area contributed by atoms with Crippen molar-refractivity contribution in [1.29, 1.82) is 0 Å². The van der Waals surface area contributed by atoms with Gasteiger partial charge in [-0.25, -0.2) is 25.9 Å². The summed E-state index contributed by atoms with van der Waals surface area (Å²) in [6, 6.07) is 8.15. The van der Waals surface area contributed by atoms with Gasteiger partial charge in [0.2, 0.25) is 10.0 Å². The Bertz CT molecular complexity index is 876. The molecule has 0 unspecified atom stereocenters. The van der Waals surface area contributed by atoms with Crippen LogP contribution in [-0.4, -0.2) is 29.1 Å². The van der Waals surface area contributed by atoms with E-state index in [0.29, 0.717) is 12.0 Å². The zero-order valence-electron chi connectivity index (χ0n) is 13.7. The number of sulfone groups is 1. The maximum absolute atomic E-state index is 13.2. The van der Waals surface area contributed by atoms with Crippen molar-refractivity contribution in [2.45, 2.75) is 29.2 Å². The molecule has 9 heteroatoms. The Kier molecular flexibility index (Phi) is 6.72. The van der Waals surface area contributed by atoms with Crippen LogP contribution in [-0.2, 0) is 19.9 Å². The second kappa shape index (κ2) is 8.39. The molecular weight excluding hydrogens is 385 g/mol. The van der Waals surface area contributed by atoms with Crippen LogP contribution < -0.4 is 4.72 Å². The van der Waals surface area contributed by atoms with Crippen molar-refractivity contribution in [3.05, 3.63) is 53.2 Å². The summed E-state index contributed by atoms with van der Waals surface area (Å²) in [5, 5.41) is 0.517. The first-order chi connectivity index (χ1) is 11.8. The van der Waals surface area contributed by atoms with Gasteiger partial charge in [0.15, 0.2) is 9.84 Å². The van der Waals surface area contributed by atoms with Crippen molar-refractivity contribution < 1.29 is 21.2 Å². The molecule has 0 bridgehead atoms. The predicted octanol–water partition coefficient (Wildman–Crippen LogP) is 3.12. The van der Waals surface area contributed by atoms with Crippen LogP contribution in [0.15, 0.2) is 46.0 Å². The monoisotopic (exact) mass is 405 g/mol. The molecule has 1 atom stereocenters. The molecule has 1 aromatic carbocycles. The molecule has 0 radical (unpaired) electrons. The minimum absolute atomic E-state index is 0.0569. The molecule has 0 aliphatic carbocycles. The van der Waals surface area contributed by atoms with Crippen LogP contribution in [0.3, 0.4) is 0 Å². The van der Waals surface area contributed by atoms with Gasteiger partial charge in [-0.05, 0) is 35.6 Å². The van der Waals surface area contributed by atoms with Crippen LogP contribution in [0.1, 0.15) is 30.6 Å². The fraction of sp³-hybridized carbons (Fsp3) is 0.375. The molecule has 0 saturated heterocycles. The average Bonchev–Trinajstić information content (AvgIpc) is 3.10. The van der Waals surface area contributed by atoms with Gasteiger partial charge in [0.25, 0.3) is 0 Å². The summed E-state index contributed by atoms with van der Waals surface area (Å²) in [6.45, 7) is 1.58. The van der Waals surface area contributed by atoms with Crippen LogP contribution in [0.5, 0.6) is 0 Å². The van der Waals surface area contributed by atoms with E-state index in [1.54, 1.807) is 11.4 Å². The Morgan fingerprint density at radius 2 is 1.80 bits per heavy atom. The molecule has 2 aromatic rings. The summed E-state index contributed by atoms with van der Waals surface area (Å²) in [4.78, 5) is 0. The zero-order chi connectivity index (χ0) is 18.5. The van der Waals surface area contributed by atoms with E-state index < -0.39 is 30.9 Å². The molecule has 25 heavy (non-hydrogen) atoms. The van der Waals surface area contributed by atoms with Gasteiger partial charge in [-0.1, -0.05) is 31.5 Å². The summed E-state index contributed by atoms with van der Waals surface area (Å²) in [6.07, 6.45) is 1.21. The van der Waals surface area contributed by atoms with E-state index in [1.807, 2.05) is 6.92 Å². The maximum Gasteiger partial charge on any atom is 0.211 e. The first-order valence-electron chi connectivity index (χ1n) is 7.76. The average molecular weight is 406 g/mol. The van der Waals surface area contributed by atoms with E-state index in [2.05, 4.69) is 4.72 Å². The summed E-state index contributed by atoms with van der Waals surface area (Å²) in [5.41, 5.74) is 0.341. The maximum atomic E-state index is 13.2. The minimum atomic E-state index is -3.80. The van der Waals surface area contributed by atoms with E-state index in [4.69, 9.17) is 0 Å². The van der Waals surface area contributed by atoms with Gasteiger partial charge < -0.3 is 0 Å². The minimum Gasteiger partial charge on any atom is -0.222 e. The molecule has 0 aliphatic heterocycles. The highest BCUT2D eigenvalue weighted by Gasteiger charge is 2.31. The number of benzene rings is 1. The molecule has 0 fully saturated rings. The number of hydrogen-bond donors (Lipinski definition) is 1. The summed E-state index contributed by atoms with van der Waals surface area (Å²) < 4.78 is 65.5. The van der Waals surface area contributed by atoms with E-state index in [9.17, 15) is 21.2 Å². The fourth-order valence-electron chi connectivity index (χ4n) is 2.26. The number of rotatable bonds is 9. The van der Waals surface area contributed by atoms with Crippen molar-refractivity contribution in [2.75, 3.05) is 12.3 Å². The second-order valence-corrected chi connectivity index (χ2v) is 10.8. The number of unbranched alkanes of at least 4 members (excludes halogenated alkanes) is 1. The van der Waals surface area contributed by atoms with Crippen molar-refractivity contribution in [3.8, 4) is 0 Å². The molecule has 5 nitrogen and oxygen atoms in total. The van der Waals surface area contributed by atoms with Gasteiger partial charge in [0.1, 0.15) is 15.3 Å². The molecule has 0 spiro atoms. The standard InChI is InChI=1S/C16H20FNO4S3/c1-2-3-11-24(19,20)18-12-15(13-6-8-14(17)9-7-13)25(21,22)16-5-4-10-23-16/h4-10,15,18H,2-3,11-12H2,1H3/t15-/m0/s1. The van der Waals surface area contributed by atoms with Gasteiger partial charge in [-0.15, -0.1) is 11.3 Å². The number of sulfonamides is 1. The lowest BCUT2D eigenvalue weighted by Crippen LogP contribution is -2.33. The Morgan fingerprint density at radius 1 is 1.12 bits per heavy atom. The number of halogens is 1. The topological polar surface area (TPSA) is 80.3 Å². The van der Waals surface area contributed by atoms with Gasteiger partial charge in [0, 0.05) is 6.54 Å². The summed E-state index contributed by atoms with van der Waals surface area (Å²) in [7, 11) is -7.37. The van der Waals surface area contributed by atoms with Crippen LogP contribution in [0.25, 0.3) is 0 Å². The summed E-state index contributed by atoms with van der Waals surface area (Å²) >= 11 is 1.06. The Morgan fingerprint density at radius 3 is 2.36 bits per heavy atom. The van der Waals surface area contributed by atoms with E-state index >= 15 is 0 Å². The van der Waals surface area contributed by atoms with Crippen LogP contribution in [0, 0.1) is 5.82 Å². The predicted molar refractivity (Wildman–Crippen MR) is 97.3 cm³/mol. The second-order valence-electron chi connectivity index (χ2n) is 5.54. The molecule has 0 saturated carbocycles. The zero-order valence-corrected chi connectivity index (χ0v) is 16.1. The quantitative estimate of drug-likeness (QED) is 0.695. The van der Waals surface area contributed by atoms with E-state index in [1.165, 1.54) is 18.2 Å². The Balaban J connectivity index is 2.32. The van der Waals surface area contributed by atoms with Gasteiger partial charge >= 0.3 is 0 Å². The number of thiophene rings is 1. The third-order valence-corrected chi connectivity index (χ3v) is 8.61. The normalized spacial score (nSPS) is 13.7. The van der Waals surface area contributed by atoms with Crippen molar-refractivity contribution in [3.63, 3.8) is 0 Å². The molecule has 1 heterocycles. The molecule has 138 valence electrons. The SMILES string of the molecule is CCCCS(=O)(=O)NC[C@@H](c1ccc(F)cc1)S(=O)(=O)c1cccs1. The van der Waals surface area contributed by atoms with Crippen LogP contribution >= 0.6 is 11.3 Å². The van der Waals surface area contributed by atoms with Crippen molar-refractivity contribution in [2.24, 2.45) is 0 Å². The lowest BCUT2D eigenvalue weighted by atomic mass is 10.1. The molecule has 0 aliphatic rings. The molecule has 2 rings (SSSR count). The highest BCUT2D eigenvalue weighted by Crippen LogP contribution is 2.31. The van der Waals surface area contributed by atoms with Crippen molar-refractivity contribution in [1.82, 2.24) is 4.72 Å². The lowest BCUT2D eigenvalue weighted by Gasteiger charge is -2.18. The summed E-state index contributed by atoms with van der Waals surface area (Å²) in [5.74, 6) is -0.543. The van der Waals surface area contributed by atoms with Gasteiger partial charge in [0.05, 0.1) is 5.75 Å². The molecule has 1 N–H and O–H groups in total. The highest BCUT2D eigenvalue weighted by atomic mass is 32.2. The first kappa shape index (κ1) is 20.0. The lowest BCUT2D eigenvalue weighted by molar-refractivity contribution is 0.567. The van der Waals surface area contributed by atoms with Crippen molar-refractivity contribution >= 4 is 31.2 Å². The van der Waals surface area contributed by atoms with E-state index in [0.717, 1.165) is 29.9 Å². The molecular formula is C16H20FNO4S3. The fourth-order valence-corrected chi connectivity index (χ4v) is 6.46. The Labute approximate surface area is 151 Å². The third-order valence-electron chi connectivity index (χ3n) is 3.65. The third kappa shape index (κ3) is 5.34. The number of hydrogen-bond acceptors (Lipinski definition) is 5. The largest absolute Gasteiger partial charge is 0.222 e. The smallest absolute Gasteiger partial charge is 0.211 e.